The van der Waals surface area contributed by atoms with Gasteiger partial charge in [-0.15, -0.1) is 23.4 Å². The molecule has 1 fully saturated rings. The van der Waals surface area contributed by atoms with Gasteiger partial charge in [-0.05, 0) is 16.0 Å². The molecule has 38 heavy (non-hydrogen) atoms. The largest absolute Gasteiger partial charge is 0.479 e. The van der Waals surface area contributed by atoms with Crippen LogP contribution in [0.25, 0.3) is 0 Å². The Morgan fingerprint density at radius 2 is 2.16 bits per heavy atom. The number of carboxylic acids is 2. The highest BCUT2D eigenvalue weighted by molar-refractivity contribution is 8.01. The quantitative estimate of drug-likeness (QED) is 0.0741. The first kappa shape index (κ1) is 27.0. The van der Waals surface area contributed by atoms with Gasteiger partial charge in [0.1, 0.15) is 17.1 Å². The monoisotopic (exact) mass is 582 g/mol. The number of fused-ring (bicyclic) bond motifs is 1. The fourth-order valence-electron chi connectivity index (χ4n) is 3.36. The fourth-order valence-corrected chi connectivity index (χ4v) is 6.17. The van der Waals surface area contributed by atoms with Crippen LogP contribution in [-0.2, 0) is 30.6 Å². The Labute approximate surface area is 225 Å². The second kappa shape index (κ2) is 11.6. The number of aliphatic carboxylic acids is 2. The second-order valence-corrected chi connectivity index (χ2v) is 10.2. The molecule has 4 heterocycles. The summed E-state index contributed by atoms with van der Waals surface area (Å²) in [6.45, 7) is 3.17. The number of amides is 2. The Bertz CT molecular complexity index is 1360. The highest BCUT2D eigenvalue weighted by Gasteiger charge is 2.54. The van der Waals surface area contributed by atoms with Crippen molar-refractivity contribution in [3.63, 3.8) is 0 Å². The second-order valence-electron chi connectivity index (χ2n) is 7.40. The van der Waals surface area contributed by atoms with Crippen LogP contribution in [0.15, 0.2) is 34.2 Å². The Hall–Kier alpha value is -4.04. The van der Waals surface area contributed by atoms with Crippen LogP contribution >= 0.6 is 35.1 Å². The van der Waals surface area contributed by atoms with Gasteiger partial charge in [0.15, 0.2) is 5.13 Å². The average Bonchev–Trinajstić information content (AvgIpc) is 3.51. The normalized spacial score (nSPS) is 19.0. The van der Waals surface area contributed by atoms with Crippen LogP contribution in [0.1, 0.15) is 5.82 Å². The van der Waals surface area contributed by atoms with Gasteiger partial charge in [0.2, 0.25) is 23.3 Å². The predicted octanol–water partition coefficient (Wildman–Crippen LogP) is -1.37. The molecule has 2 unspecified atom stereocenters. The number of nitrogens with two attached hydrogens (primary N) is 1. The number of tetrazole rings is 1. The van der Waals surface area contributed by atoms with Gasteiger partial charge in [-0.2, -0.15) is 9.36 Å². The van der Waals surface area contributed by atoms with E-state index < -0.39 is 47.5 Å². The van der Waals surface area contributed by atoms with Crippen molar-refractivity contribution in [1.82, 2.24) is 39.8 Å². The predicted molar refractivity (Wildman–Crippen MR) is 133 cm³/mol. The van der Waals surface area contributed by atoms with Gasteiger partial charge in [0.05, 0.1) is 6.54 Å². The number of carbonyl (C=O) groups is 4. The maximum absolute atomic E-state index is 13.0. The number of hydrogen-bond donors (Lipinski definition) is 4. The van der Waals surface area contributed by atoms with Gasteiger partial charge in [0, 0.05) is 23.0 Å². The molecule has 2 atom stereocenters. The molecule has 0 spiro atoms. The molecule has 0 saturated carbocycles. The molecule has 200 valence electrons. The van der Waals surface area contributed by atoms with Crippen LogP contribution in [0.3, 0.4) is 0 Å². The van der Waals surface area contributed by atoms with Crippen molar-refractivity contribution in [3.05, 3.63) is 29.7 Å². The zero-order valence-electron chi connectivity index (χ0n) is 19.1. The number of allylic oxidation sites excluding steroid dienone is 1. The molecule has 4 rings (SSSR count). The van der Waals surface area contributed by atoms with Crippen molar-refractivity contribution < 1.29 is 34.2 Å². The number of nitrogens with one attached hydrogen (secondary N) is 1. The highest BCUT2D eigenvalue weighted by Crippen LogP contribution is 2.41. The van der Waals surface area contributed by atoms with E-state index in [2.05, 4.69) is 46.8 Å². The van der Waals surface area contributed by atoms with E-state index in [4.69, 9.17) is 10.8 Å². The van der Waals surface area contributed by atoms with Gasteiger partial charge in [-0.1, -0.05) is 23.0 Å². The van der Waals surface area contributed by atoms with Crippen LogP contribution in [0.4, 0.5) is 5.13 Å². The topological polar surface area (TPSA) is 241 Å². The minimum absolute atomic E-state index is 0.0210. The summed E-state index contributed by atoms with van der Waals surface area (Å²) in [6, 6.07) is -1.09. The number of hydrogen-bond acceptors (Lipinski definition) is 15. The summed E-state index contributed by atoms with van der Waals surface area (Å²) in [5.74, 6) is -3.94. The molecule has 5 N–H and O–H groups in total. The lowest BCUT2D eigenvalue weighted by Gasteiger charge is -2.49. The lowest BCUT2D eigenvalue weighted by Crippen LogP contribution is -2.71. The van der Waals surface area contributed by atoms with Crippen molar-refractivity contribution in [1.29, 1.82) is 0 Å². The number of carboxylic acid groups (broad SMARTS) is 2. The Morgan fingerprint density at radius 3 is 2.82 bits per heavy atom. The van der Waals surface area contributed by atoms with Crippen molar-refractivity contribution in [2.75, 3.05) is 23.8 Å². The molecule has 2 amide bonds. The maximum atomic E-state index is 13.0. The third kappa shape index (κ3) is 5.60. The molecule has 1 saturated heterocycles. The molecule has 17 nitrogen and oxygen atoms in total. The molecular formula is C18H18N10O7S3. The number of aromatic nitrogens is 6. The third-order valence-electron chi connectivity index (χ3n) is 4.93. The fraction of sp³-hybridized carbons (Fsp3) is 0.333. The maximum Gasteiger partial charge on any atom is 0.352 e. The molecular weight excluding hydrogens is 564 g/mol. The number of carbonyl (C=O) groups excluding carboxylic acids is 2. The van der Waals surface area contributed by atoms with Gasteiger partial charge in [-0.25, -0.2) is 14.3 Å². The van der Waals surface area contributed by atoms with E-state index in [1.807, 2.05) is 0 Å². The molecule has 0 aliphatic carbocycles. The summed E-state index contributed by atoms with van der Waals surface area (Å²) in [5.41, 5.74) is 5.38. The van der Waals surface area contributed by atoms with Crippen molar-refractivity contribution >= 4 is 69.7 Å². The van der Waals surface area contributed by atoms with Gasteiger partial charge < -0.3 is 26.1 Å². The first-order valence-corrected chi connectivity index (χ1v) is 13.2. The van der Waals surface area contributed by atoms with Crippen molar-refractivity contribution in [3.8, 4) is 0 Å². The standard InChI is InChI=1S/C18H18N10O7S3/c1-2-3-27-18(22-25-26-27)37-6-7-5-36-15-10(14(32)28(15)11(7)16(33)34)20-13(31)9(23-35-4-8(29)30)12-21-17(19)38-24-12/h2,10,15H,1,3-6H2,(H,20,31)(H,29,30)(H,33,34)(H2,19,21,24)/b23-9+. The van der Waals surface area contributed by atoms with E-state index in [-0.39, 0.29) is 28.2 Å². The smallest absolute Gasteiger partial charge is 0.352 e. The Morgan fingerprint density at radius 1 is 1.37 bits per heavy atom. The van der Waals surface area contributed by atoms with E-state index in [0.29, 0.717) is 17.3 Å². The van der Waals surface area contributed by atoms with Gasteiger partial charge in [0.25, 0.3) is 11.8 Å². The molecule has 0 bridgehead atoms. The van der Waals surface area contributed by atoms with Crippen LogP contribution in [-0.4, -0.2) is 104 Å². The summed E-state index contributed by atoms with van der Waals surface area (Å²) in [4.78, 5) is 58.3. The summed E-state index contributed by atoms with van der Waals surface area (Å²) in [6.07, 6.45) is 1.62. The first-order valence-electron chi connectivity index (χ1n) is 10.4. The zero-order chi connectivity index (χ0) is 27.4. The van der Waals surface area contributed by atoms with E-state index in [1.54, 1.807) is 6.08 Å². The zero-order valence-corrected chi connectivity index (χ0v) is 21.5. The minimum atomic E-state index is -1.33. The van der Waals surface area contributed by atoms with Gasteiger partial charge >= 0.3 is 11.9 Å². The number of nitrogens with zero attached hydrogens (tertiary/aromatic N) is 8. The lowest BCUT2D eigenvalue weighted by molar-refractivity contribution is -0.150. The number of oxime groups is 1. The van der Waals surface area contributed by atoms with E-state index in [1.165, 1.54) is 28.2 Å². The first-order chi connectivity index (χ1) is 18.2. The molecule has 2 aliphatic heterocycles. The van der Waals surface area contributed by atoms with E-state index >= 15 is 0 Å². The number of anilines is 1. The third-order valence-corrected chi connectivity index (χ3v) is 7.85. The lowest BCUT2D eigenvalue weighted by atomic mass is 10.0. The molecule has 0 aromatic carbocycles. The molecule has 0 radical (unpaired) electrons. The van der Waals surface area contributed by atoms with Crippen LogP contribution in [0.2, 0.25) is 0 Å². The number of β-lactam (4-membered cyclic amide) rings is 1. The summed E-state index contributed by atoms with van der Waals surface area (Å²) in [5, 5.41) is 35.7. The average molecular weight is 583 g/mol. The summed E-state index contributed by atoms with van der Waals surface area (Å²) >= 11 is 3.25. The van der Waals surface area contributed by atoms with Crippen molar-refractivity contribution in [2.45, 2.75) is 23.1 Å². The number of thioether (sulfide) groups is 2. The molecule has 20 heteroatoms. The summed E-state index contributed by atoms with van der Waals surface area (Å²) < 4.78 is 5.37. The molecule has 2 aliphatic rings. The van der Waals surface area contributed by atoms with Crippen LogP contribution in [0.5, 0.6) is 0 Å². The highest BCUT2D eigenvalue weighted by atomic mass is 32.2. The summed E-state index contributed by atoms with van der Waals surface area (Å²) in [7, 11) is 0. The number of nitrogen functional groups attached to an aromatic ring is 1. The van der Waals surface area contributed by atoms with Crippen molar-refractivity contribution in [2.24, 2.45) is 5.16 Å². The van der Waals surface area contributed by atoms with Crippen LogP contribution < -0.4 is 11.1 Å². The Kier molecular flexibility index (Phi) is 8.22. The molecule has 2 aromatic heterocycles. The minimum Gasteiger partial charge on any atom is -0.479 e. The van der Waals surface area contributed by atoms with E-state index in [9.17, 15) is 24.3 Å². The SMILES string of the molecule is C=CCn1nnnc1SCC1=C(C(=O)O)N2C(=O)C(NC(=O)/C(=N/OCC(=O)O)c3nsc(N)n3)C2SC1. The van der Waals surface area contributed by atoms with Gasteiger partial charge in [-0.3, -0.25) is 14.5 Å². The molecule has 2 aromatic rings. The van der Waals surface area contributed by atoms with Crippen LogP contribution in [0, 0.1) is 0 Å². The number of rotatable bonds is 12. The Balaban J connectivity index is 1.49. The van der Waals surface area contributed by atoms with E-state index in [0.717, 1.165) is 16.4 Å².